The van der Waals surface area contributed by atoms with Crippen molar-refractivity contribution < 1.29 is 19.4 Å². The summed E-state index contributed by atoms with van der Waals surface area (Å²) in [6.07, 6.45) is -0.499. The number of phenolic OH excluding ortho intramolecular Hbond substituents is 1. The molecule has 3 N–H and O–H groups in total. The van der Waals surface area contributed by atoms with Crippen molar-refractivity contribution in [3.8, 4) is 17.0 Å². The van der Waals surface area contributed by atoms with Gasteiger partial charge in [0.15, 0.2) is 5.13 Å². The Hall–Kier alpha value is -2.71. The second-order valence-electron chi connectivity index (χ2n) is 8.15. The van der Waals surface area contributed by atoms with Crippen LogP contribution in [0.5, 0.6) is 5.75 Å². The van der Waals surface area contributed by atoms with Crippen LogP contribution < -0.4 is 10.6 Å². The monoisotopic (exact) mass is 739 g/mol. The van der Waals surface area contributed by atoms with Gasteiger partial charge in [-0.25, -0.2) is 9.78 Å². The minimum Gasteiger partial charge on any atom is -0.506 e. The summed E-state index contributed by atoms with van der Waals surface area (Å²) in [5.41, 5.74) is 3.39. The highest BCUT2D eigenvalue weighted by atomic mass is 127. The molecule has 1 atom stereocenters. The number of hydrogen-bond donors (Lipinski definition) is 3. The van der Waals surface area contributed by atoms with Crippen LogP contribution in [0.4, 0.5) is 9.93 Å². The summed E-state index contributed by atoms with van der Waals surface area (Å²) >= 11 is 5.45. The Morgan fingerprint density at radius 1 is 1.00 bits per heavy atom. The molecular formula is C27H23I2N3O4S. The van der Waals surface area contributed by atoms with Crippen molar-refractivity contribution in [3.05, 3.63) is 95.9 Å². The molecule has 0 fully saturated rings. The Morgan fingerprint density at radius 2 is 1.62 bits per heavy atom. The van der Waals surface area contributed by atoms with E-state index in [4.69, 9.17) is 4.74 Å². The summed E-state index contributed by atoms with van der Waals surface area (Å²) < 4.78 is 6.68. The quantitative estimate of drug-likeness (QED) is 0.179. The fourth-order valence-electron chi connectivity index (χ4n) is 3.59. The molecule has 0 saturated heterocycles. The molecule has 37 heavy (non-hydrogen) atoms. The van der Waals surface area contributed by atoms with Crippen LogP contribution in [0, 0.1) is 14.1 Å². The van der Waals surface area contributed by atoms with Gasteiger partial charge in [0.05, 0.1) is 12.8 Å². The first kappa shape index (κ1) is 27.3. The van der Waals surface area contributed by atoms with Crippen molar-refractivity contribution >= 4 is 73.7 Å². The van der Waals surface area contributed by atoms with Crippen molar-refractivity contribution in [2.24, 2.45) is 0 Å². The van der Waals surface area contributed by atoms with Crippen molar-refractivity contribution in [2.45, 2.75) is 26.0 Å². The van der Waals surface area contributed by atoms with Crippen molar-refractivity contribution in [1.29, 1.82) is 0 Å². The van der Waals surface area contributed by atoms with E-state index in [1.165, 1.54) is 11.3 Å². The maximum absolute atomic E-state index is 13.4. The second-order valence-corrected chi connectivity index (χ2v) is 11.7. The normalized spacial score (nSPS) is 11.5. The van der Waals surface area contributed by atoms with Gasteiger partial charge in [0.25, 0.3) is 0 Å². The molecule has 0 spiro atoms. The maximum atomic E-state index is 13.4. The van der Waals surface area contributed by atoms with Gasteiger partial charge in [0.1, 0.15) is 18.4 Å². The van der Waals surface area contributed by atoms with E-state index in [-0.39, 0.29) is 18.8 Å². The lowest BCUT2D eigenvalue weighted by Gasteiger charge is -2.18. The molecular weight excluding hydrogens is 716 g/mol. The average molecular weight is 739 g/mol. The molecule has 0 bridgehead atoms. The summed E-state index contributed by atoms with van der Waals surface area (Å²) in [5, 5.41) is 16.1. The van der Waals surface area contributed by atoms with Crippen molar-refractivity contribution in [2.75, 3.05) is 5.32 Å². The number of amides is 2. The Labute approximate surface area is 246 Å². The third kappa shape index (κ3) is 7.42. The first-order valence-electron chi connectivity index (χ1n) is 11.3. The van der Waals surface area contributed by atoms with Gasteiger partial charge in [-0.05, 0) is 75.4 Å². The first-order chi connectivity index (χ1) is 17.8. The zero-order chi connectivity index (χ0) is 26.4. The number of aromatic nitrogens is 1. The maximum Gasteiger partial charge on any atom is 0.408 e. The number of nitrogens with one attached hydrogen (secondary N) is 2. The first-order valence-corrected chi connectivity index (χ1v) is 14.3. The molecule has 0 saturated carbocycles. The number of alkyl carbamates (subject to hydrolysis) is 1. The van der Waals surface area contributed by atoms with Gasteiger partial charge in [-0.15, -0.1) is 11.3 Å². The van der Waals surface area contributed by atoms with Gasteiger partial charge < -0.3 is 20.5 Å². The SMILES string of the molecule is Cc1sc(NC(=O)[C@@H](Cc2cc(I)c(O)c(I)c2)NC(=O)OCc2ccccc2)nc1-c1ccccc1. The highest BCUT2D eigenvalue weighted by molar-refractivity contribution is 14.1. The molecule has 2 amide bonds. The van der Waals surface area contributed by atoms with E-state index < -0.39 is 18.0 Å². The largest absolute Gasteiger partial charge is 0.506 e. The number of nitrogens with zero attached hydrogens (tertiary/aromatic N) is 1. The van der Waals surface area contributed by atoms with Crippen LogP contribution in [0.25, 0.3) is 11.3 Å². The van der Waals surface area contributed by atoms with E-state index in [2.05, 4.69) is 15.6 Å². The van der Waals surface area contributed by atoms with Gasteiger partial charge in [-0.1, -0.05) is 60.7 Å². The number of carbonyl (C=O) groups is 2. The van der Waals surface area contributed by atoms with E-state index in [9.17, 15) is 14.7 Å². The lowest BCUT2D eigenvalue weighted by Crippen LogP contribution is -2.45. The lowest BCUT2D eigenvalue weighted by molar-refractivity contribution is -0.118. The Balaban J connectivity index is 1.51. The van der Waals surface area contributed by atoms with Crippen LogP contribution in [0.15, 0.2) is 72.8 Å². The fourth-order valence-corrected chi connectivity index (χ4v) is 6.33. The van der Waals surface area contributed by atoms with E-state index in [1.54, 1.807) is 12.1 Å². The molecule has 0 aliphatic heterocycles. The number of carbonyl (C=O) groups excluding carboxylic acids is 2. The van der Waals surface area contributed by atoms with Gasteiger partial charge in [0.2, 0.25) is 5.91 Å². The smallest absolute Gasteiger partial charge is 0.408 e. The molecule has 1 heterocycles. The van der Waals surface area contributed by atoms with Crippen LogP contribution in [0.2, 0.25) is 0 Å². The van der Waals surface area contributed by atoms with E-state index in [0.717, 1.165) is 27.3 Å². The number of phenols is 1. The minimum atomic E-state index is -0.927. The number of aromatic hydroxyl groups is 1. The van der Waals surface area contributed by atoms with E-state index in [0.29, 0.717) is 12.3 Å². The van der Waals surface area contributed by atoms with Gasteiger partial charge >= 0.3 is 6.09 Å². The Bertz CT molecular complexity index is 1370. The average Bonchev–Trinajstić information content (AvgIpc) is 3.26. The fraction of sp³-hybridized carbons (Fsp3) is 0.148. The minimum absolute atomic E-state index is 0.0854. The van der Waals surface area contributed by atoms with Crippen molar-refractivity contribution in [3.63, 3.8) is 0 Å². The number of aryl methyl sites for hydroxylation is 1. The number of hydrogen-bond acceptors (Lipinski definition) is 6. The highest BCUT2D eigenvalue weighted by Crippen LogP contribution is 2.31. The summed E-state index contributed by atoms with van der Waals surface area (Å²) in [6.45, 7) is 2.04. The number of thiazole rings is 1. The second kappa shape index (κ2) is 12.7. The third-order valence-corrected chi connectivity index (χ3v) is 7.94. The third-order valence-electron chi connectivity index (χ3n) is 5.41. The van der Waals surface area contributed by atoms with E-state index >= 15 is 0 Å². The van der Waals surface area contributed by atoms with Gasteiger partial charge in [0, 0.05) is 16.9 Å². The lowest BCUT2D eigenvalue weighted by atomic mass is 10.1. The topological polar surface area (TPSA) is 101 Å². The number of anilines is 1. The number of halogens is 2. The number of rotatable bonds is 8. The molecule has 3 aromatic carbocycles. The standard InChI is InChI=1S/C27H23I2N3O4S/c1-16-23(19-10-6-3-7-11-19)31-26(37-16)32-25(34)22(14-18-12-20(28)24(33)21(29)13-18)30-27(35)36-15-17-8-4-2-5-9-17/h2-13,22,33H,14-15H2,1H3,(H,30,35)(H,31,32,34)/t22-/m1/s1. The molecule has 7 nitrogen and oxygen atoms in total. The van der Waals surface area contributed by atoms with E-state index in [1.807, 2.05) is 113 Å². The van der Waals surface area contributed by atoms with Crippen LogP contribution in [0.1, 0.15) is 16.0 Å². The molecule has 0 radical (unpaired) electrons. The van der Waals surface area contributed by atoms with Crippen LogP contribution in [0.3, 0.4) is 0 Å². The molecule has 0 unspecified atom stereocenters. The summed E-state index contributed by atoms with van der Waals surface area (Å²) in [4.78, 5) is 31.6. The molecule has 0 aliphatic rings. The van der Waals surface area contributed by atoms with Crippen LogP contribution in [-0.2, 0) is 22.6 Å². The molecule has 4 rings (SSSR count). The highest BCUT2D eigenvalue weighted by Gasteiger charge is 2.24. The molecule has 10 heteroatoms. The van der Waals surface area contributed by atoms with Gasteiger partial charge in [-0.2, -0.15) is 0 Å². The summed E-state index contributed by atoms with van der Waals surface area (Å²) in [6, 6.07) is 21.7. The predicted octanol–water partition coefficient (Wildman–Crippen LogP) is 6.51. The Morgan fingerprint density at radius 3 is 2.27 bits per heavy atom. The van der Waals surface area contributed by atoms with Crippen LogP contribution >= 0.6 is 56.5 Å². The molecule has 190 valence electrons. The molecule has 0 aliphatic carbocycles. The number of ether oxygens (including phenoxy) is 1. The Kier molecular flexibility index (Phi) is 9.38. The van der Waals surface area contributed by atoms with Crippen molar-refractivity contribution in [1.82, 2.24) is 10.3 Å². The molecule has 1 aromatic heterocycles. The zero-order valence-electron chi connectivity index (χ0n) is 19.7. The predicted molar refractivity (Wildman–Crippen MR) is 162 cm³/mol. The summed E-state index contributed by atoms with van der Waals surface area (Å²) in [5.74, 6) is -0.226. The number of benzene rings is 3. The summed E-state index contributed by atoms with van der Waals surface area (Å²) in [7, 11) is 0. The van der Waals surface area contributed by atoms with Crippen LogP contribution in [-0.4, -0.2) is 28.1 Å². The molecule has 4 aromatic rings. The van der Waals surface area contributed by atoms with Gasteiger partial charge in [-0.3, -0.25) is 4.79 Å². The zero-order valence-corrected chi connectivity index (χ0v) is 24.8.